The Bertz CT molecular complexity index is 461. The van der Waals surface area contributed by atoms with E-state index in [1.54, 1.807) is 0 Å². The van der Waals surface area contributed by atoms with Crippen molar-refractivity contribution in [3.05, 3.63) is 42.1 Å². The Morgan fingerprint density at radius 2 is 1.78 bits per heavy atom. The Balaban J connectivity index is 1.68. The Hall–Kier alpha value is -1.48. The molecule has 3 heteroatoms. The van der Waals surface area contributed by atoms with Crippen LogP contribution >= 0.6 is 0 Å². The van der Waals surface area contributed by atoms with Gasteiger partial charge >= 0.3 is 0 Å². The fourth-order valence-electron chi connectivity index (χ4n) is 3.08. The van der Waals surface area contributed by atoms with Crippen molar-refractivity contribution in [1.82, 2.24) is 9.80 Å². The topological polar surface area (TPSA) is 9.72 Å². The molecule has 1 aliphatic heterocycles. The van der Waals surface area contributed by atoms with Crippen molar-refractivity contribution in [3.8, 4) is 0 Å². The van der Waals surface area contributed by atoms with Crippen molar-refractivity contribution < 1.29 is 0 Å². The Kier molecular flexibility index (Phi) is 7.47. The molecule has 0 atom stereocenters. The van der Waals surface area contributed by atoms with Crippen LogP contribution in [0.25, 0.3) is 0 Å². The van der Waals surface area contributed by atoms with Crippen LogP contribution in [0.4, 0.5) is 5.69 Å². The first-order valence-electron chi connectivity index (χ1n) is 9.16. The first-order chi connectivity index (χ1) is 11.2. The van der Waals surface area contributed by atoms with Crippen LogP contribution in [0.3, 0.4) is 0 Å². The van der Waals surface area contributed by atoms with Gasteiger partial charge in [0.2, 0.25) is 0 Å². The molecule has 0 unspecified atom stereocenters. The van der Waals surface area contributed by atoms with Gasteiger partial charge in [0, 0.05) is 45.0 Å². The molecule has 0 radical (unpaired) electrons. The van der Waals surface area contributed by atoms with Gasteiger partial charge in [-0.2, -0.15) is 0 Å². The number of benzene rings is 1. The minimum atomic E-state index is 1.11. The van der Waals surface area contributed by atoms with Gasteiger partial charge in [-0.05, 0) is 51.6 Å². The third kappa shape index (κ3) is 5.91. The van der Waals surface area contributed by atoms with Crippen molar-refractivity contribution in [1.29, 1.82) is 0 Å². The highest BCUT2D eigenvalue weighted by atomic mass is 15.3. The summed E-state index contributed by atoms with van der Waals surface area (Å²) in [7, 11) is 0. The van der Waals surface area contributed by atoms with Crippen molar-refractivity contribution in [2.45, 2.75) is 33.6 Å². The molecular weight excluding hydrogens is 282 g/mol. The van der Waals surface area contributed by atoms with Crippen molar-refractivity contribution in [2.24, 2.45) is 0 Å². The van der Waals surface area contributed by atoms with Crippen LogP contribution < -0.4 is 4.90 Å². The molecule has 1 aliphatic rings. The monoisotopic (exact) mass is 315 g/mol. The minimum absolute atomic E-state index is 1.11. The van der Waals surface area contributed by atoms with Crippen molar-refractivity contribution in [3.63, 3.8) is 0 Å². The Morgan fingerprint density at radius 3 is 2.39 bits per heavy atom. The summed E-state index contributed by atoms with van der Waals surface area (Å²) in [6, 6.07) is 10.8. The largest absolute Gasteiger partial charge is 0.378 e. The quantitative estimate of drug-likeness (QED) is 0.722. The van der Waals surface area contributed by atoms with Crippen LogP contribution in [0.1, 0.15) is 33.6 Å². The van der Waals surface area contributed by atoms with Gasteiger partial charge in [-0.25, -0.2) is 0 Å². The summed E-state index contributed by atoms with van der Waals surface area (Å²) in [4.78, 5) is 7.57. The standard InChI is InChI=1S/C20H33N3/c1-4-19(3)18-21(5-2)12-9-13-22-14-16-23(17-15-22)20-10-7-6-8-11-20/h6-8,10-11,18H,4-5,9,12-17H2,1-3H3/b19-18-. The molecule has 0 saturated carbocycles. The number of hydrogen-bond acceptors (Lipinski definition) is 3. The second-order valence-electron chi connectivity index (χ2n) is 6.48. The molecule has 0 N–H and O–H groups in total. The number of piperazine rings is 1. The maximum Gasteiger partial charge on any atom is 0.0367 e. The van der Waals surface area contributed by atoms with E-state index in [1.807, 2.05) is 0 Å². The van der Waals surface area contributed by atoms with Crippen LogP contribution in [0.15, 0.2) is 42.1 Å². The summed E-state index contributed by atoms with van der Waals surface area (Å²) in [5, 5.41) is 0. The molecule has 3 nitrogen and oxygen atoms in total. The Labute approximate surface area is 142 Å². The van der Waals surface area contributed by atoms with Gasteiger partial charge in [0.05, 0.1) is 0 Å². The third-order valence-corrected chi connectivity index (χ3v) is 4.78. The average Bonchev–Trinajstić information content (AvgIpc) is 2.62. The van der Waals surface area contributed by atoms with Crippen molar-refractivity contribution in [2.75, 3.05) is 50.7 Å². The van der Waals surface area contributed by atoms with Gasteiger partial charge in [-0.3, -0.25) is 4.90 Å². The Morgan fingerprint density at radius 1 is 1.09 bits per heavy atom. The van der Waals surface area contributed by atoms with E-state index in [0.29, 0.717) is 0 Å². The van der Waals surface area contributed by atoms with Gasteiger partial charge in [-0.1, -0.05) is 30.7 Å². The molecule has 0 amide bonds. The fraction of sp³-hybridized carbons (Fsp3) is 0.600. The number of hydrogen-bond donors (Lipinski definition) is 0. The SMILES string of the molecule is CC/C(C)=C\N(CC)CCCN1CCN(c2ccccc2)CC1. The highest BCUT2D eigenvalue weighted by molar-refractivity contribution is 5.46. The molecule has 23 heavy (non-hydrogen) atoms. The number of nitrogens with zero attached hydrogens (tertiary/aromatic N) is 3. The van der Waals surface area contributed by atoms with E-state index in [1.165, 1.54) is 43.9 Å². The molecule has 2 rings (SSSR count). The average molecular weight is 316 g/mol. The zero-order valence-corrected chi connectivity index (χ0v) is 15.2. The van der Waals surface area contributed by atoms with E-state index in [0.717, 1.165) is 26.1 Å². The van der Waals surface area contributed by atoms with Crippen LogP contribution in [-0.4, -0.2) is 55.6 Å². The second-order valence-corrected chi connectivity index (χ2v) is 6.48. The molecular formula is C20H33N3. The smallest absolute Gasteiger partial charge is 0.0367 e. The number of para-hydroxylation sites is 1. The highest BCUT2D eigenvalue weighted by Crippen LogP contribution is 2.15. The number of anilines is 1. The second kappa shape index (κ2) is 9.61. The van der Waals surface area contributed by atoms with Gasteiger partial charge in [0.1, 0.15) is 0 Å². The van der Waals surface area contributed by atoms with Crippen LogP contribution in [-0.2, 0) is 0 Å². The van der Waals surface area contributed by atoms with Crippen molar-refractivity contribution >= 4 is 5.69 Å². The van der Waals surface area contributed by atoms with Gasteiger partial charge < -0.3 is 9.80 Å². The summed E-state index contributed by atoms with van der Waals surface area (Å²) < 4.78 is 0. The minimum Gasteiger partial charge on any atom is -0.378 e. The lowest BCUT2D eigenvalue weighted by Crippen LogP contribution is -2.47. The summed E-state index contributed by atoms with van der Waals surface area (Å²) in [6.45, 7) is 14.9. The van der Waals surface area contributed by atoms with Gasteiger partial charge in [0.25, 0.3) is 0 Å². The summed E-state index contributed by atoms with van der Waals surface area (Å²) in [6.07, 6.45) is 4.75. The molecule has 1 heterocycles. The molecule has 1 aromatic carbocycles. The molecule has 1 saturated heterocycles. The lowest BCUT2D eigenvalue weighted by molar-refractivity contribution is 0.241. The first kappa shape index (κ1) is 17.9. The van der Waals surface area contributed by atoms with E-state index in [4.69, 9.17) is 0 Å². The summed E-state index contributed by atoms with van der Waals surface area (Å²) in [5.41, 5.74) is 2.84. The van der Waals surface area contributed by atoms with E-state index in [2.05, 4.69) is 72.0 Å². The normalized spacial score (nSPS) is 16.7. The zero-order chi connectivity index (χ0) is 16.5. The van der Waals surface area contributed by atoms with E-state index < -0.39 is 0 Å². The predicted octanol–water partition coefficient (Wildman–Crippen LogP) is 3.83. The molecule has 128 valence electrons. The molecule has 1 fully saturated rings. The zero-order valence-electron chi connectivity index (χ0n) is 15.2. The summed E-state index contributed by atoms with van der Waals surface area (Å²) in [5.74, 6) is 0. The lowest BCUT2D eigenvalue weighted by atomic mass is 10.2. The summed E-state index contributed by atoms with van der Waals surface area (Å²) >= 11 is 0. The molecule has 0 aliphatic carbocycles. The molecule has 0 aromatic heterocycles. The lowest BCUT2D eigenvalue weighted by Gasteiger charge is -2.36. The van der Waals surface area contributed by atoms with E-state index in [-0.39, 0.29) is 0 Å². The fourth-order valence-corrected chi connectivity index (χ4v) is 3.08. The third-order valence-electron chi connectivity index (χ3n) is 4.78. The maximum absolute atomic E-state index is 2.61. The number of rotatable bonds is 8. The van der Waals surface area contributed by atoms with E-state index >= 15 is 0 Å². The predicted molar refractivity (Wildman–Crippen MR) is 101 cm³/mol. The van der Waals surface area contributed by atoms with Gasteiger partial charge in [-0.15, -0.1) is 0 Å². The molecule has 1 aromatic rings. The first-order valence-corrected chi connectivity index (χ1v) is 9.16. The molecule has 0 spiro atoms. The van der Waals surface area contributed by atoms with Crippen LogP contribution in [0.2, 0.25) is 0 Å². The van der Waals surface area contributed by atoms with Crippen LogP contribution in [0.5, 0.6) is 0 Å². The number of allylic oxidation sites excluding steroid dienone is 1. The van der Waals surface area contributed by atoms with Gasteiger partial charge in [0.15, 0.2) is 0 Å². The highest BCUT2D eigenvalue weighted by Gasteiger charge is 2.16. The van der Waals surface area contributed by atoms with E-state index in [9.17, 15) is 0 Å². The maximum atomic E-state index is 2.61. The van der Waals surface area contributed by atoms with Crippen LogP contribution in [0, 0.1) is 0 Å². The molecule has 0 bridgehead atoms.